The Morgan fingerprint density at radius 1 is 1.15 bits per heavy atom. The second kappa shape index (κ2) is 6.66. The van der Waals surface area contributed by atoms with Gasteiger partial charge in [-0.3, -0.25) is 4.79 Å². The molecule has 0 spiro atoms. The molecule has 0 aliphatic carbocycles. The lowest BCUT2D eigenvalue weighted by Crippen LogP contribution is -2.23. The zero-order valence-electron chi connectivity index (χ0n) is 11.1. The first-order chi connectivity index (χ1) is 9.60. The molecule has 4 heteroatoms. The summed E-state index contributed by atoms with van der Waals surface area (Å²) in [6.07, 6.45) is 0. The summed E-state index contributed by atoms with van der Waals surface area (Å²) in [5.74, 6) is -0.658. The molecule has 0 saturated heterocycles. The van der Waals surface area contributed by atoms with Gasteiger partial charge in [-0.1, -0.05) is 46.3 Å². The van der Waals surface area contributed by atoms with E-state index in [2.05, 4.69) is 21.2 Å². The lowest BCUT2D eigenvalue weighted by atomic mass is 10.1. The van der Waals surface area contributed by atoms with Crippen LogP contribution in [0.25, 0.3) is 0 Å². The minimum Gasteiger partial charge on any atom is -0.348 e. The van der Waals surface area contributed by atoms with Gasteiger partial charge in [0.1, 0.15) is 5.82 Å². The van der Waals surface area contributed by atoms with Crippen LogP contribution >= 0.6 is 15.9 Å². The number of halogens is 2. The van der Waals surface area contributed by atoms with Crippen molar-refractivity contribution in [3.05, 3.63) is 70.5 Å². The van der Waals surface area contributed by atoms with E-state index in [1.165, 1.54) is 17.7 Å². The Morgan fingerprint density at radius 3 is 2.45 bits per heavy atom. The van der Waals surface area contributed by atoms with Crippen LogP contribution in [0.5, 0.6) is 0 Å². The average Bonchev–Trinajstić information content (AvgIpc) is 2.47. The van der Waals surface area contributed by atoms with E-state index < -0.39 is 5.82 Å². The van der Waals surface area contributed by atoms with Crippen molar-refractivity contribution in [3.8, 4) is 0 Å². The summed E-state index contributed by atoms with van der Waals surface area (Å²) in [4.78, 5) is 12.0. The Balaban J connectivity index is 2.02. The van der Waals surface area contributed by atoms with Crippen LogP contribution in [-0.2, 0) is 11.9 Å². The third-order valence-corrected chi connectivity index (χ3v) is 3.72. The fourth-order valence-electron chi connectivity index (χ4n) is 1.86. The summed E-state index contributed by atoms with van der Waals surface area (Å²) in [7, 11) is 0. The van der Waals surface area contributed by atoms with Gasteiger partial charge in [0, 0.05) is 17.4 Å². The largest absolute Gasteiger partial charge is 0.348 e. The molecule has 0 aliphatic rings. The molecule has 1 N–H and O–H groups in total. The first-order valence-corrected chi connectivity index (χ1v) is 7.40. The maximum atomic E-state index is 13.2. The van der Waals surface area contributed by atoms with Gasteiger partial charge in [0.05, 0.1) is 0 Å². The maximum absolute atomic E-state index is 13.2. The number of rotatable bonds is 4. The van der Waals surface area contributed by atoms with Crippen LogP contribution in [0.2, 0.25) is 0 Å². The van der Waals surface area contributed by atoms with Crippen molar-refractivity contribution >= 4 is 21.8 Å². The van der Waals surface area contributed by atoms with Gasteiger partial charge in [-0.25, -0.2) is 4.39 Å². The van der Waals surface area contributed by atoms with E-state index in [-0.39, 0.29) is 5.91 Å². The van der Waals surface area contributed by atoms with E-state index in [0.717, 1.165) is 16.5 Å². The van der Waals surface area contributed by atoms with Crippen molar-refractivity contribution in [1.29, 1.82) is 0 Å². The molecule has 0 radical (unpaired) electrons. The predicted octanol–water partition coefficient (Wildman–Crippen LogP) is 3.96. The average molecular weight is 336 g/mol. The van der Waals surface area contributed by atoms with Gasteiger partial charge in [0.15, 0.2) is 0 Å². The molecule has 0 unspecified atom stereocenters. The first-order valence-electron chi connectivity index (χ1n) is 6.28. The molecule has 2 nitrogen and oxygen atoms in total. The molecule has 0 saturated carbocycles. The Labute approximate surface area is 126 Å². The van der Waals surface area contributed by atoms with E-state index in [1.807, 2.05) is 24.3 Å². The molecule has 0 heterocycles. The van der Waals surface area contributed by atoms with Gasteiger partial charge in [0.25, 0.3) is 5.91 Å². The molecule has 2 aromatic rings. The normalized spacial score (nSPS) is 10.3. The number of alkyl halides is 1. The number of hydrogen-bond acceptors (Lipinski definition) is 1. The minimum atomic E-state index is -0.401. The number of aryl methyl sites for hydroxylation is 1. The molecule has 0 bridgehead atoms. The van der Waals surface area contributed by atoms with Crippen LogP contribution in [0.1, 0.15) is 27.0 Å². The summed E-state index contributed by atoms with van der Waals surface area (Å²) >= 11 is 3.38. The molecular weight excluding hydrogens is 321 g/mol. The highest BCUT2D eigenvalue weighted by Crippen LogP contribution is 2.11. The number of nitrogens with one attached hydrogen (secondary N) is 1. The number of hydrogen-bond donors (Lipinski definition) is 1. The molecular formula is C16H15BrFNO. The fraction of sp³-hybridized carbons (Fsp3) is 0.188. The molecule has 2 rings (SSSR count). The molecule has 0 aliphatic heterocycles. The lowest BCUT2D eigenvalue weighted by molar-refractivity contribution is 0.0950. The maximum Gasteiger partial charge on any atom is 0.251 e. The number of amides is 1. The van der Waals surface area contributed by atoms with Crippen LogP contribution in [-0.4, -0.2) is 5.91 Å². The van der Waals surface area contributed by atoms with Crippen molar-refractivity contribution in [1.82, 2.24) is 5.32 Å². The van der Waals surface area contributed by atoms with E-state index in [9.17, 15) is 9.18 Å². The Bertz CT molecular complexity index is 610. The second-order valence-electron chi connectivity index (χ2n) is 4.59. The molecule has 0 fully saturated rings. The number of benzene rings is 2. The number of carbonyl (C=O) groups excluding carboxylic acids is 1. The zero-order valence-corrected chi connectivity index (χ0v) is 12.7. The molecule has 104 valence electrons. The second-order valence-corrected chi connectivity index (χ2v) is 5.15. The van der Waals surface area contributed by atoms with Crippen LogP contribution in [0.3, 0.4) is 0 Å². The van der Waals surface area contributed by atoms with Gasteiger partial charge in [-0.05, 0) is 35.7 Å². The molecule has 0 aromatic heterocycles. The summed E-state index contributed by atoms with van der Waals surface area (Å²) < 4.78 is 13.2. The highest BCUT2D eigenvalue weighted by atomic mass is 79.9. The SMILES string of the molecule is Cc1ccc(F)cc1C(=O)NCc1ccc(CBr)cc1. The van der Waals surface area contributed by atoms with Gasteiger partial charge >= 0.3 is 0 Å². The monoisotopic (exact) mass is 335 g/mol. The zero-order chi connectivity index (χ0) is 14.5. The summed E-state index contributed by atoms with van der Waals surface area (Å²) in [6, 6.07) is 12.2. The molecule has 2 aromatic carbocycles. The third kappa shape index (κ3) is 3.67. The Hall–Kier alpha value is -1.68. The lowest BCUT2D eigenvalue weighted by Gasteiger charge is -2.08. The summed E-state index contributed by atoms with van der Waals surface area (Å²) in [5, 5.41) is 3.61. The topological polar surface area (TPSA) is 29.1 Å². The van der Waals surface area contributed by atoms with Crippen molar-refractivity contribution in [2.75, 3.05) is 0 Å². The van der Waals surface area contributed by atoms with E-state index in [1.54, 1.807) is 13.0 Å². The van der Waals surface area contributed by atoms with E-state index in [4.69, 9.17) is 0 Å². The third-order valence-electron chi connectivity index (χ3n) is 3.07. The Morgan fingerprint density at radius 2 is 1.80 bits per heavy atom. The van der Waals surface area contributed by atoms with Crippen LogP contribution in [0.15, 0.2) is 42.5 Å². The van der Waals surface area contributed by atoms with Crippen molar-refractivity contribution in [2.24, 2.45) is 0 Å². The molecule has 1 amide bonds. The van der Waals surface area contributed by atoms with Crippen molar-refractivity contribution in [3.63, 3.8) is 0 Å². The van der Waals surface area contributed by atoms with Gasteiger partial charge in [-0.15, -0.1) is 0 Å². The Kier molecular flexibility index (Phi) is 4.90. The van der Waals surface area contributed by atoms with E-state index in [0.29, 0.717) is 12.1 Å². The smallest absolute Gasteiger partial charge is 0.251 e. The highest BCUT2D eigenvalue weighted by Gasteiger charge is 2.09. The molecule has 20 heavy (non-hydrogen) atoms. The van der Waals surface area contributed by atoms with Crippen LogP contribution < -0.4 is 5.32 Å². The van der Waals surface area contributed by atoms with Crippen LogP contribution in [0.4, 0.5) is 4.39 Å². The first kappa shape index (κ1) is 14.7. The summed E-state index contributed by atoms with van der Waals surface area (Å²) in [5.41, 5.74) is 3.33. The predicted molar refractivity (Wildman–Crippen MR) is 81.4 cm³/mol. The van der Waals surface area contributed by atoms with Crippen LogP contribution in [0, 0.1) is 12.7 Å². The minimum absolute atomic E-state index is 0.258. The molecule has 0 atom stereocenters. The fourth-order valence-corrected chi connectivity index (χ4v) is 2.24. The number of carbonyl (C=O) groups is 1. The van der Waals surface area contributed by atoms with Gasteiger partial charge < -0.3 is 5.32 Å². The standard InChI is InChI=1S/C16H15BrFNO/c1-11-2-7-14(18)8-15(11)16(20)19-10-13-5-3-12(9-17)4-6-13/h2-8H,9-10H2,1H3,(H,19,20). The van der Waals surface area contributed by atoms with Gasteiger partial charge in [-0.2, -0.15) is 0 Å². The van der Waals surface area contributed by atoms with E-state index >= 15 is 0 Å². The quantitative estimate of drug-likeness (QED) is 0.842. The summed E-state index contributed by atoms with van der Waals surface area (Å²) in [6.45, 7) is 2.22. The van der Waals surface area contributed by atoms with Crippen molar-refractivity contribution < 1.29 is 9.18 Å². The van der Waals surface area contributed by atoms with Crippen molar-refractivity contribution in [2.45, 2.75) is 18.8 Å². The van der Waals surface area contributed by atoms with Gasteiger partial charge in [0.2, 0.25) is 0 Å². The highest BCUT2D eigenvalue weighted by molar-refractivity contribution is 9.08.